The molecule has 0 saturated heterocycles. The summed E-state index contributed by atoms with van der Waals surface area (Å²) in [5.41, 5.74) is 1.74. The minimum absolute atomic E-state index is 0. The van der Waals surface area contributed by atoms with Gasteiger partial charge in [0.1, 0.15) is 0 Å². The largest absolute Gasteiger partial charge is 0.392 e. The van der Waals surface area contributed by atoms with Gasteiger partial charge in [0.15, 0.2) is 0 Å². The summed E-state index contributed by atoms with van der Waals surface area (Å²) in [6, 6.07) is 1.83. The number of nitrogens with zero attached hydrogens (tertiary/aromatic N) is 1. The van der Waals surface area contributed by atoms with Gasteiger partial charge in [-0.3, -0.25) is 4.98 Å². The summed E-state index contributed by atoms with van der Waals surface area (Å²) < 4.78 is 0. The van der Waals surface area contributed by atoms with Gasteiger partial charge in [-0.15, -0.1) is 24.0 Å². The van der Waals surface area contributed by atoms with Crippen molar-refractivity contribution in [3.63, 3.8) is 0 Å². The molecular weight excluding hydrogens is 185 g/mol. The molecule has 0 bridgehead atoms. The van der Waals surface area contributed by atoms with Crippen LogP contribution < -0.4 is 0 Å². The van der Waals surface area contributed by atoms with Gasteiger partial charge in [0.05, 0.1) is 6.61 Å². The summed E-state index contributed by atoms with van der Waals surface area (Å²) >= 11 is 5.53. The molecule has 0 fully saturated rings. The fraction of sp³-hybridized carbons (Fsp3) is 0.286. The van der Waals surface area contributed by atoms with Gasteiger partial charge in [0, 0.05) is 18.3 Å². The van der Waals surface area contributed by atoms with E-state index in [1.54, 1.807) is 12.4 Å². The van der Waals surface area contributed by atoms with Crippen LogP contribution in [0.1, 0.15) is 11.1 Å². The third-order valence-corrected chi connectivity index (χ3v) is 1.50. The molecule has 62 valence electrons. The lowest BCUT2D eigenvalue weighted by molar-refractivity contribution is 0.281. The molecule has 4 heteroatoms. The van der Waals surface area contributed by atoms with E-state index in [0.29, 0.717) is 5.88 Å². The molecule has 2 nitrogen and oxygen atoms in total. The number of pyridine rings is 1. The van der Waals surface area contributed by atoms with Crippen molar-refractivity contribution in [3.05, 3.63) is 29.6 Å². The van der Waals surface area contributed by atoms with Crippen molar-refractivity contribution in [1.29, 1.82) is 0 Å². The summed E-state index contributed by atoms with van der Waals surface area (Å²) in [5.74, 6) is 0.445. The van der Waals surface area contributed by atoms with Crippen LogP contribution in [-0.4, -0.2) is 10.1 Å². The van der Waals surface area contributed by atoms with Crippen molar-refractivity contribution in [1.82, 2.24) is 4.98 Å². The van der Waals surface area contributed by atoms with Gasteiger partial charge in [-0.1, -0.05) is 0 Å². The van der Waals surface area contributed by atoms with E-state index in [4.69, 9.17) is 16.7 Å². The molecule has 0 amide bonds. The molecular formula is C7H9Cl2NO. The zero-order chi connectivity index (χ0) is 7.40. The van der Waals surface area contributed by atoms with Gasteiger partial charge < -0.3 is 5.11 Å². The average Bonchev–Trinajstić information content (AvgIpc) is 2.05. The summed E-state index contributed by atoms with van der Waals surface area (Å²) in [6.07, 6.45) is 3.31. The van der Waals surface area contributed by atoms with E-state index in [1.165, 1.54) is 0 Å². The Morgan fingerprint density at radius 3 is 2.55 bits per heavy atom. The Labute approximate surface area is 76.6 Å². The predicted molar refractivity (Wildman–Crippen MR) is 47.0 cm³/mol. The first kappa shape index (κ1) is 10.7. The van der Waals surface area contributed by atoms with Gasteiger partial charge in [0.2, 0.25) is 0 Å². The van der Waals surface area contributed by atoms with Crippen LogP contribution >= 0.6 is 24.0 Å². The highest BCUT2D eigenvalue weighted by molar-refractivity contribution is 6.17. The highest BCUT2D eigenvalue weighted by Crippen LogP contribution is 2.04. The van der Waals surface area contributed by atoms with Crippen LogP contribution in [0.3, 0.4) is 0 Å². The van der Waals surface area contributed by atoms with Crippen molar-refractivity contribution in [2.45, 2.75) is 12.5 Å². The first-order chi connectivity index (χ1) is 4.86. The second-order valence-electron chi connectivity index (χ2n) is 1.99. The Balaban J connectivity index is 0.000001000. The van der Waals surface area contributed by atoms with E-state index in [1.807, 2.05) is 6.07 Å². The Morgan fingerprint density at radius 1 is 1.36 bits per heavy atom. The van der Waals surface area contributed by atoms with Crippen molar-refractivity contribution < 1.29 is 5.11 Å². The average molecular weight is 194 g/mol. The maximum atomic E-state index is 8.67. The second-order valence-corrected chi connectivity index (χ2v) is 2.26. The van der Waals surface area contributed by atoms with E-state index >= 15 is 0 Å². The van der Waals surface area contributed by atoms with Gasteiger partial charge in [-0.25, -0.2) is 0 Å². The summed E-state index contributed by atoms with van der Waals surface area (Å²) in [6.45, 7) is 0.0255. The maximum Gasteiger partial charge on any atom is 0.0696 e. The van der Waals surface area contributed by atoms with Crippen molar-refractivity contribution in [2.24, 2.45) is 0 Å². The van der Waals surface area contributed by atoms with Crippen LogP contribution in [0.5, 0.6) is 0 Å². The zero-order valence-corrected chi connectivity index (χ0v) is 7.40. The van der Waals surface area contributed by atoms with E-state index < -0.39 is 0 Å². The number of aliphatic hydroxyl groups excluding tert-OH is 1. The van der Waals surface area contributed by atoms with Crippen molar-refractivity contribution in [2.75, 3.05) is 0 Å². The number of hydrogen-bond acceptors (Lipinski definition) is 2. The number of halogens is 2. The van der Waals surface area contributed by atoms with Crippen LogP contribution in [0.15, 0.2) is 18.5 Å². The zero-order valence-electron chi connectivity index (χ0n) is 5.83. The standard InChI is InChI=1S/C7H8ClNO.ClH/c8-2-6-1-7(5-10)4-9-3-6;/h1,3-4,10H,2,5H2;1H. The number of aliphatic hydroxyl groups is 1. The van der Waals surface area contributed by atoms with Crippen LogP contribution in [0.2, 0.25) is 0 Å². The molecule has 0 radical (unpaired) electrons. The molecule has 0 saturated carbocycles. The minimum Gasteiger partial charge on any atom is -0.392 e. The van der Waals surface area contributed by atoms with E-state index in [9.17, 15) is 0 Å². The Morgan fingerprint density at radius 2 is 2.00 bits per heavy atom. The smallest absolute Gasteiger partial charge is 0.0696 e. The topological polar surface area (TPSA) is 33.1 Å². The number of hydrogen-bond donors (Lipinski definition) is 1. The summed E-state index contributed by atoms with van der Waals surface area (Å²) in [4.78, 5) is 3.88. The molecule has 11 heavy (non-hydrogen) atoms. The molecule has 0 aliphatic carbocycles. The molecule has 0 aliphatic heterocycles. The predicted octanol–water partition coefficient (Wildman–Crippen LogP) is 1.73. The van der Waals surface area contributed by atoms with Crippen molar-refractivity contribution in [3.8, 4) is 0 Å². The fourth-order valence-corrected chi connectivity index (χ4v) is 0.847. The highest BCUT2D eigenvalue weighted by atomic mass is 35.5. The van der Waals surface area contributed by atoms with Gasteiger partial charge >= 0.3 is 0 Å². The summed E-state index contributed by atoms with van der Waals surface area (Å²) in [5, 5.41) is 8.67. The highest BCUT2D eigenvalue weighted by Gasteiger charge is 1.92. The lowest BCUT2D eigenvalue weighted by Crippen LogP contribution is -1.87. The molecule has 1 aromatic heterocycles. The lowest BCUT2D eigenvalue weighted by Gasteiger charge is -1.96. The molecule has 0 spiro atoms. The number of alkyl halides is 1. The van der Waals surface area contributed by atoms with E-state index in [2.05, 4.69) is 4.98 Å². The fourth-order valence-electron chi connectivity index (χ4n) is 0.701. The molecule has 1 rings (SSSR count). The molecule has 0 unspecified atom stereocenters. The van der Waals surface area contributed by atoms with E-state index in [-0.39, 0.29) is 19.0 Å². The summed E-state index contributed by atoms with van der Waals surface area (Å²) in [7, 11) is 0. The SMILES string of the molecule is Cl.OCc1cncc(CCl)c1. The number of rotatable bonds is 2. The van der Waals surface area contributed by atoms with Gasteiger partial charge in [-0.2, -0.15) is 0 Å². The van der Waals surface area contributed by atoms with Crippen LogP contribution in [-0.2, 0) is 12.5 Å². The van der Waals surface area contributed by atoms with Crippen molar-refractivity contribution >= 4 is 24.0 Å². The molecule has 1 heterocycles. The minimum atomic E-state index is 0. The monoisotopic (exact) mass is 193 g/mol. The molecule has 0 atom stereocenters. The first-order valence-electron chi connectivity index (χ1n) is 2.96. The maximum absolute atomic E-state index is 8.67. The van der Waals surface area contributed by atoms with Gasteiger partial charge in [-0.05, 0) is 17.2 Å². The molecule has 1 N–H and O–H groups in total. The molecule has 0 aromatic carbocycles. The first-order valence-corrected chi connectivity index (χ1v) is 3.50. The van der Waals surface area contributed by atoms with Crippen LogP contribution in [0.25, 0.3) is 0 Å². The third kappa shape index (κ3) is 3.06. The third-order valence-electron chi connectivity index (χ3n) is 1.19. The quantitative estimate of drug-likeness (QED) is 0.727. The Kier molecular flexibility index (Phi) is 5.20. The van der Waals surface area contributed by atoms with Crippen LogP contribution in [0, 0.1) is 0 Å². The second kappa shape index (κ2) is 5.35. The van der Waals surface area contributed by atoms with Crippen LogP contribution in [0.4, 0.5) is 0 Å². The number of aromatic nitrogens is 1. The van der Waals surface area contributed by atoms with E-state index in [0.717, 1.165) is 11.1 Å². The normalized spacial score (nSPS) is 8.91. The van der Waals surface area contributed by atoms with Gasteiger partial charge in [0.25, 0.3) is 0 Å². The Bertz CT molecular complexity index is 198. The molecule has 0 aliphatic rings. The lowest BCUT2D eigenvalue weighted by atomic mass is 10.2. The Hall–Kier alpha value is -0.310. The molecule has 1 aromatic rings.